The Labute approximate surface area is 387 Å². The van der Waals surface area contributed by atoms with Gasteiger partial charge in [-0.2, -0.15) is 0 Å². The number of aromatic nitrogens is 3. The summed E-state index contributed by atoms with van der Waals surface area (Å²) in [6, 6.07) is 74.2. The molecule has 0 atom stereocenters. The maximum absolute atomic E-state index is 5.37. The molecule has 1 heterocycles. The van der Waals surface area contributed by atoms with Crippen molar-refractivity contribution in [1.82, 2.24) is 15.0 Å². The van der Waals surface area contributed by atoms with Gasteiger partial charge in [-0.05, 0) is 85.0 Å². The first-order valence-electron chi connectivity index (χ1n) is 22.5. The van der Waals surface area contributed by atoms with Crippen molar-refractivity contribution in [3.63, 3.8) is 0 Å². The number of hydrogen-bond donors (Lipinski definition) is 0. The lowest BCUT2D eigenvalue weighted by Crippen LogP contribution is -2.10. The molecule has 0 aliphatic carbocycles. The number of hydrogen-bond acceptors (Lipinski definition) is 4. The second-order valence-corrected chi connectivity index (χ2v) is 17.7. The van der Waals surface area contributed by atoms with E-state index in [0.29, 0.717) is 29.9 Å². The summed E-state index contributed by atoms with van der Waals surface area (Å²) in [6.07, 6.45) is 0. The van der Waals surface area contributed by atoms with Gasteiger partial charge in [-0.1, -0.05) is 221 Å². The van der Waals surface area contributed by atoms with Gasteiger partial charge in [0, 0.05) is 28.0 Å². The molecule has 5 nitrogen and oxygen atoms in total. The fourth-order valence-corrected chi connectivity index (χ4v) is 8.57. The normalized spacial score (nSPS) is 12.2. The molecule has 0 fully saturated rings. The quantitative estimate of drug-likeness (QED) is 0.107. The summed E-state index contributed by atoms with van der Waals surface area (Å²) in [6.45, 7) is 9.24. The predicted octanol–water partition coefficient (Wildman–Crippen LogP) is 15.3. The van der Waals surface area contributed by atoms with E-state index in [-0.39, 0.29) is 5.41 Å². The Bertz CT molecular complexity index is 3410. The third-order valence-corrected chi connectivity index (χ3v) is 12.2. The largest absolute Gasteiger partial charge is 0.261 e. The second-order valence-electron chi connectivity index (χ2n) is 17.7. The summed E-state index contributed by atoms with van der Waals surface area (Å²) in [5.74, 6) is 2.55. The van der Waals surface area contributed by atoms with Crippen LogP contribution in [0.4, 0.5) is 0 Å². The number of nitrogens with zero attached hydrogens (tertiary/aromatic N) is 5. The minimum absolute atomic E-state index is 0.00876. The molecule has 66 heavy (non-hydrogen) atoms. The highest BCUT2D eigenvalue weighted by atomic mass is 15.0. The maximum atomic E-state index is 5.37. The minimum Gasteiger partial charge on any atom is -0.261 e. The molecule has 0 spiro atoms. The van der Waals surface area contributed by atoms with E-state index < -0.39 is 0 Å². The smallest absolute Gasteiger partial charge is 0.164 e. The van der Waals surface area contributed by atoms with E-state index in [1.165, 1.54) is 10.9 Å². The second kappa shape index (κ2) is 18.1. The zero-order valence-corrected chi connectivity index (χ0v) is 37.7. The van der Waals surface area contributed by atoms with Gasteiger partial charge in [-0.3, -0.25) is 4.99 Å². The summed E-state index contributed by atoms with van der Waals surface area (Å²) in [5.41, 5.74) is 12.5. The van der Waals surface area contributed by atoms with Crippen molar-refractivity contribution in [3.05, 3.63) is 235 Å². The van der Waals surface area contributed by atoms with E-state index in [2.05, 4.69) is 191 Å². The Morgan fingerprint density at radius 1 is 0.439 bits per heavy atom. The van der Waals surface area contributed by atoms with Crippen LogP contribution in [-0.4, -0.2) is 26.5 Å². The monoisotopic (exact) mass is 851 g/mol. The molecular formula is C61H49N5. The molecule has 0 bridgehead atoms. The first kappa shape index (κ1) is 41.8. The minimum atomic E-state index is 0.00876. The van der Waals surface area contributed by atoms with Gasteiger partial charge in [0.1, 0.15) is 0 Å². The summed E-state index contributed by atoms with van der Waals surface area (Å²) in [5, 5.41) is 4.57. The lowest BCUT2D eigenvalue weighted by molar-refractivity contribution is 0.590. The van der Waals surface area contributed by atoms with Gasteiger partial charge in [0.05, 0.1) is 6.54 Å². The van der Waals surface area contributed by atoms with Crippen molar-refractivity contribution < 1.29 is 0 Å². The molecule has 0 saturated heterocycles. The Morgan fingerprint density at radius 3 is 1.76 bits per heavy atom. The van der Waals surface area contributed by atoms with Gasteiger partial charge < -0.3 is 0 Å². The molecule has 0 aliphatic heterocycles. The number of rotatable bonds is 9. The fraction of sp³-hybridized carbons (Fsp3) is 0.0984. The molecule has 0 saturated carbocycles. The van der Waals surface area contributed by atoms with E-state index in [4.69, 9.17) is 24.9 Å². The van der Waals surface area contributed by atoms with Crippen LogP contribution in [0.25, 0.3) is 78.0 Å². The van der Waals surface area contributed by atoms with Crippen LogP contribution in [0.1, 0.15) is 49.9 Å². The Kier molecular flexibility index (Phi) is 11.5. The fourth-order valence-electron chi connectivity index (χ4n) is 8.57. The molecule has 1 aromatic heterocycles. The van der Waals surface area contributed by atoms with Crippen LogP contribution in [-0.2, 0) is 12.0 Å². The number of fused-ring (bicyclic) bond motifs is 2. The van der Waals surface area contributed by atoms with Gasteiger partial charge in [0.2, 0.25) is 0 Å². The van der Waals surface area contributed by atoms with Crippen LogP contribution in [0, 0.1) is 0 Å². The molecule has 10 aromatic rings. The van der Waals surface area contributed by atoms with Crippen molar-refractivity contribution in [3.8, 4) is 56.4 Å². The van der Waals surface area contributed by atoms with Crippen molar-refractivity contribution in [2.24, 2.45) is 9.98 Å². The van der Waals surface area contributed by atoms with Crippen LogP contribution in [0.5, 0.6) is 0 Å². The first-order chi connectivity index (χ1) is 32.2. The average Bonchev–Trinajstić information content (AvgIpc) is 3.37. The molecular weight excluding hydrogens is 803 g/mol. The highest BCUT2D eigenvalue weighted by Gasteiger charge is 2.19. The SMILES string of the molecule is CC(=NC(=NCc1ccccc1-c1ccc(-c2nc(-c3ccccc3)nc(-c3ccc4ccccc4c3)n2)cc1-c1ccc(C(C)(C)C)cc1)c1cccc2ccccc12)c1ccccc1. The molecule has 0 amide bonds. The standard InChI is InChI=1S/C61H49N5/c1-41(42-18-7-5-8-19-42)63-60(55-29-17-26-44-21-13-15-27-52(44)55)62-40-50-25-14-16-28-53(50)54-37-34-49(39-56(54)45-32-35-51(36-33-45)61(2,3)4)59-65-57(46-22-9-6-10-23-46)64-58(66-59)48-31-30-43-20-11-12-24-47(43)38-48/h5-39H,40H2,1-4H3. The Morgan fingerprint density at radius 2 is 1.02 bits per heavy atom. The van der Waals surface area contributed by atoms with Crippen LogP contribution >= 0.6 is 0 Å². The zero-order chi connectivity index (χ0) is 45.0. The van der Waals surface area contributed by atoms with E-state index >= 15 is 0 Å². The van der Waals surface area contributed by atoms with E-state index in [1.54, 1.807) is 0 Å². The Hall–Kier alpha value is -8.15. The lowest BCUT2D eigenvalue weighted by atomic mass is 9.85. The van der Waals surface area contributed by atoms with Gasteiger partial charge >= 0.3 is 0 Å². The van der Waals surface area contributed by atoms with Crippen LogP contribution in [0.15, 0.2) is 222 Å². The summed E-state index contributed by atoms with van der Waals surface area (Å²) in [4.78, 5) is 26.0. The summed E-state index contributed by atoms with van der Waals surface area (Å²) < 4.78 is 0. The molecule has 0 N–H and O–H groups in total. The Balaban J connectivity index is 1.12. The zero-order valence-electron chi connectivity index (χ0n) is 37.7. The highest BCUT2D eigenvalue weighted by Crippen LogP contribution is 2.39. The molecule has 0 unspecified atom stereocenters. The molecule has 0 radical (unpaired) electrons. The van der Waals surface area contributed by atoms with Gasteiger partial charge in [0.25, 0.3) is 0 Å². The van der Waals surface area contributed by atoms with Crippen molar-refractivity contribution in [2.75, 3.05) is 0 Å². The highest BCUT2D eigenvalue weighted by molar-refractivity contribution is 6.16. The van der Waals surface area contributed by atoms with Gasteiger partial charge in [-0.15, -0.1) is 0 Å². The predicted molar refractivity (Wildman–Crippen MR) is 276 cm³/mol. The van der Waals surface area contributed by atoms with Crippen LogP contribution in [0.2, 0.25) is 0 Å². The first-order valence-corrected chi connectivity index (χ1v) is 22.5. The lowest BCUT2D eigenvalue weighted by Gasteiger charge is -2.20. The molecule has 318 valence electrons. The van der Waals surface area contributed by atoms with E-state index in [0.717, 1.165) is 77.5 Å². The van der Waals surface area contributed by atoms with Crippen molar-refractivity contribution in [1.29, 1.82) is 0 Å². The van der Waals surface area contributed by atoms with Gasteiger partial charge in [-0.25, -0.2) is 19.9 Å². The van der Waals surface area contributed by atoms with E-state index in [9.17, 15) is 0 Å². The molecule has 9 aromatic carbocycles. The summed E-state index contributed by atoms with van der Waals surface area (Å²) >= 11 is 0. The maximum Gasteiger partial charge on any atom is 0.164 e. The molecule has 0 aliphatic rings. The van der Waals surface area contributed by atoms with Crippen LogP contribution < -0.4 is 0 Å². The average molecular weight is 852 g/mol. The number of aliphatic imine (C=N–C) groups is 2. The van der Waals surface area contributed by atoms with E-state index in [1.807, 2.05) is 48.5 Å². The van der Waals surface area contributed by atoms with Crippen molar-refractivity contribution in [2.45, 2.75) is 39.7 Å². The van der Waals surface area contributed by atoms with Crippen molar-refractivity contribution >= 4 is 33.1 Å². The molecule has 5 heteroatoms. The third kappa shape index (κ3) is 8.84. The topological polar surface area (TPSA) is 63.4 Å². The molecule has 10 rings (SSSR count). The van der Waals surface area contributed by atoms with Crippen LogP contribution in [0.3, 0.4) is 0 Å². The number of amidine groups is 1. The summed E-state index contributed by atoms with van der Waals surface area (Å²) in [7, 11) is 0. The number of benzene rings is 9. The van der Waals surface area contributed by atoms with Gasteiger partial charge in [0.15, 0.2) is 23.3 Å². The third-order valence-electron chi connectivity index (χ3n) is 12.2.